The monoisotopic (exact) mass is 198 g/mol. The summed E-state index contributed by atoms with van der Waals surface area (Å²) >= 11 is 0. The zero-order valence-corrected chi connectivity index (χ0v) is 9.60. The fourth-order valence-electron chi connectivity index (χ4n) is 1.23. The number of hydrogen-bond donors (Lipinski definition) is 1. The highest BCUT2D eigenvalue weighted by Gasteiger charge is 2.10. The van der Waals surface area contributed by atoms with E-state index in [0.717, 1.165) is 25.2 Å². The first-order valence-electron chi connectivity index (χ1n) is 5.24. The number of likely N-dealkylation sites (N-methyl/N-ethyl adjacent to an activating group) is 1. The van der Waals surface area contributed by atoms with E-state index in [2.05, 4.69) is 11.9 Å². The van der Waals surface area contributed by atoms with Crippen molar-refractivity contribution in [1.29, 1.82) is 0 Å². The minimum Gasteiger partial charge on any atom is -0.339 e. The van der Waals surface area contributed by atoms with Gasteiger partial charge in [-0.1, -0.05) is 19.1 Å². The molecule has 82 valence electrons. The van der Waals surface area contributed by atoms with Crippen LogP contribution in [0.25, 0.3) is 0 Å². The van der Waals surface area contributed by atoms with Gasteiger partial charge in [0.25, 0.3) is 0 Å². The van der Waals surface area contributed by atoms with Crippen LogP contribution in [0.4, 0.5) is 0 Å². The van der Waals surface area contributed by atoms with E-state index >= 15 is 0 Å². The van der Waals surface area contributed by atoms with Crippen LogP contribution in [0.3, 0.4) is 0 Å². The molecule has 0 aromatic heterocycles. The van der Waals surface area contributed by atoms with Gasteiger partial charge in [-0.2, -0.15) is 0 Å². The summed E-state index contributed by atoms with van der Waals surface area (Å²) in [6.45, 7) is 12.9. The Hall–Kier alpha value is -0.830. The lowest BCUT2D eigenvalue weighted by atomic mass is 10.3. The molecule has 0 saturated heterocycles. The van der Waals surface area contributed by atoms with E-state index in [4.69, 9.17) is 0 Å². The third-order valence-corrected chi connectivity index (χ3v) is 1.96. The maximum Gasteiger partial charge on any atom is 0.224 e. The molecule has 0 aliphatic carbocycles. The van der Waals surface area contributed by atoms with E-state index in [1.807, 2.05) is 25.7 Å². The zero-order valence-electron chi connectivity index (χ0n) is 9.60. The van der Waals surface area contributed by atoms with Crippen molar-refractivity contribution in [2.75, 3.05) is 26.2 Å². The summed E-state index contributed by atoms with van der Waals surface area (Å²) < 4.78 is 0. The summed E-state index contributed by atoms with van der Waals surface area (Å²) in [7, 11) is 0. The molecule has 0 unspecified atom stereocenters. The lowest BCUT2D eigenvalue weighted by Crippen LogP contribution is -2.34. The topological polar surface area (TPSA) is 32.3 Å². The number of carbonyl (C=O) groups is 1. The molecule has 0 fully saturated rings. The predicted octanol–water partition coefficient (Wildman–Crippen LogP) is 1.41. The third kappa shape index (κ3) is 5.75. The van der Waals surface area contributed by atoms with E-state index in [-0.39, 0.29) is 5.91 Å². The number of nitrogens with zero attached hydrogens (tertiary/aromatic N) is 1. The maximum atomic E-state index is 11.6. The lowest BCUT2D eigenvalue weighted by Gasteiger charge is -2.20. The Balaban J connectivity index is 3.85. The molecule has 0 atom stereocenters. The second-order valence-corrected chi connectivity index (χ2v) is 3.47. The standard InChI is InChI=1S/C11H22N2O/c1-5-12-8-7-11(14)13(6-2)9-10(3)4/h12H,3,5-9H2,1-2,4H3. The summed E-state index contributed by atoms with van der Waals surface area (Å²) in [6.07, 6.45) is 0.578. The van der Waals surface area contributed by atoms with Gasteiger partial charge in [-0.15, -0.1) is 0 Å². The number of nitrogens with one attached hydrogen (secondary N) is 1. The van der Waals surface area contributed by atoms with Crippen LogP contribution in [-0.4, -0.2) is 37.0 Å². The summed E-state index contributed by atoms with van der Waals surface area (Å²) in [6, 6.07) is 0. The maximum absolute atomic E-state index is 11.6. The van der Waals surface area contributed by atoms with Crippen LogP contribution in [-0.2, 0) is 4.79 Å². The molecule has 1 amide bonds. The molecule has 0 rings (SSSR count). The van der Waals surface area contributed by atoms with Crippen LogP contribution in [0.15, 0.2) is 12.2 Å². The average molecular weight is 198 g/mol. The molecule has 0 heterocycles. The first-order valence-corrected chi connectivity index (χ1v) is 5.24. The van der Waals surface area contributed by atoms with Crippen molar-refractivity contribution >= 4 is 5.91 Å². The molecule has 0 radical (unpaired) electrons. The molecular weight excluding hydrogens is 176 g/mol. The quantitative estimate of drug-likeness (QED) is 0.495. The highest BCUT2D eigenvalue weighted by atomic mass is 16.2. The van der Waals surface area contributed by atoms with Gasteiger partial charge in [0.15, 0.2) is 0 Å². The van der Waals surface area contributed by atoms with Crippen molar-refractivity contribution in [2.24, 2.45) is 0 Å². The van der Waals surface area contributed by atoms with Crippen LogP contribution < -0.4 is 5.32 Å². The second-order valence-electron chi connectivity index (χ2n) is 3.47. The van der Waals surface area contributed by atoms with Crippen LogP contribution >= 0.6 is 0 Å². The summed E-state index contributed by atoms with van der Waals surface area (Å²) in [5, 5.41) is 3.14. The first kappa shape index (κ1) is 13.2. The minimum absolute atomic E-state index is 0.205. The van der Waals surface area contributed by atoms with Crippen molar-refractivity contribution in [2.45, 2.75) is 27.2 Å². The van der Waals surface area contributed by atoms with Crippen molar-refractivity contribution in [1.82, 2.24) is 10.2 Å². The lowest BCUT2D eigenvalue weighted by molar-refractivity contribution is -0.130. The normalized spacial score (nSPS) is 9.93. The van der Waals surface area contributed by atoms with Crippen LogP contribution in [0, 0.1) is 0 Å². The van der Waals surface area contributed by atoms with Crippen molar-refractivity contribution < 1.29 is 4.79 Å². The zero-order chi connectivity index (χ0) is 11.0. The molecule has 0 aromatic carbocycles. The first-order chi connectivity index (χ1) is 6.61. The Morgan fingerprint density at radius 1 is 1.43 bits per heavy atom. The molecule has 0 bridgehead atoms. The molecule has 3 heteroatoms. The van der Waals surface area contributed by atoms with Gasteiger partial charge in [0.2, 0.25) is 5.91 Å². The Morgan fingerprint density at radius 3 is 2.50 bits per heavy atom. The SMILES string of the molecule is C=C(C)CN(CC)C(=O)CCNCC. The number of amides is 1. The Labute approximate surface area is 87.2 Å². The minimum atomic E-state index is 0.205. The van der Waals surface area contributed by atoms with Gasteiger partial charge in [0.1, 0.15) is 0 Å². The molecule has 14 heavy (non-hydrogen) atoms. The molecule has 0 spiro atoms. The fourth-order valence-corrected chi connectivity index (χ4v) is 1.23. The van der Waals surface area contributed by atoms with Gasteiger partial charge in [0.05, 0.1) is 0 Å². The molecule has 1 N–H and O–H groups in total. The molecule has 0 aliphatic rings. The number of rotatable bonds is 7. The average Bonchev–Trinajstić information content (AvgIpc) is 2.14. The largest absolute Gasteiger partial charge is 0.339 e. The number of carbonyl (C=O) groups excluding carboxylic acids is 1. The Morgan fingerprint density at radius 2 is 2.07 bits per heavy atom. The Kier molecular flexibility index (Phi) is 7.11. The van der Waals surface area contributed by atoms with Crippen LogP contribution in [0.2, 0.25) is 0 Å². The predicted molar refractivity (Wildman–Crippen MR) is 60.2 cm³/mol. The van der Waals surface area contributed by atoms with Gasteiger partial charge in [-0.3, -0.25) is 4.79 Å². The Bertz CT molecular complexity index is 190. The molecule has 0 aliphatic heterocycles. The summed E-state index contributed by atoms with van der Waals surface area (Å²) in [5.41, 5.74) is 1.03. The van der Waals surface area contributed by atoms with Crippen molar-refractivity contribution in [3.05, 3.63) is 12.2 Å². The van der Waals surface area contributed by atoms with Crippen LogP contribution in [0.1, 0.15) is 27.2 Å². The van der Waals surface area contributed by atoms with Gasteiger partial charge < -0.3 is 10.2 Å². The van der Waals surface area contributed by atoms with Gasteiger partial charge in [-0.25, -0.2) is 0 Å². The van der Waals surface area contributed by atoms with Gasteiger partial charge in [-0.05, 0) is 20.4 Å². The third-order valence-electron chi connectivity index (χ3n) is 1.96. The number of hydrogen-bond acceptors (Lipinski definition) is 2. The fraction of sp³-hybridized carbons (Fsp3) is 0.727. The van der Waals surface area contributed by atoms with Gasteiger partial charge in [0, 0.05) is 26.1 Å². The van der Waals surface area contributed by atoms with Crippen LogP contribution in [0.5, 0.6) is 0 Å². The second kappa shape index (κ2) is 7.56. The highest BCUT2D eigenvalue weighted by molar-refractivity contribution is 5.76. The van der Waals surface area contributed by atoms with E-state index in [1.165, 1.54) is 0 Å². The highest BCUT2D eigenvalue weighted by Crippen LogP contribution is 1.98. The molecule has 3 nitrogen and oxygen atoms in total. The van der Waals surface area contributed by atoms with E-state index in [1.54, 1.807) is 0 Å². The van der Waals surface area contributed by atoms with Crippen molar-refractivity contribution in [3.8, 4) is 0 Å². The molecular formula is C11H22N2O. The van der Waals surface area contributed by atoms with E-state index in [9.17, 15) is 4.79 Å². The summed E-state index contributed by atoms with van der Waals surface area (Å²) in [4.78, 5) is 13.5. The smallest absolute Gasteiger partial charge is 0.224 e. The molecule has 0 aromatic rings. The van der Waals surface area contributed by atoms with E-state index < -0.39 is 0 Å². The van der Waals surface area contributed by atoms with Crippen molar-refractivity contribution in [3.63, 3.8) is 0 Å². The summed E-state index contributed by atoms with van der Waals surface area (Å²) in [5.74, 6) is 0.205. The van der Waals surface area contributed by atoms with E-state index in [0.29, 0.717) is 13.0 Å². The molecule has 0 saturated carbocycles. The van der Waals surface area contributed by atoms with Gasteiger partial charge >= 0.3 is 0 Å².